The maximum Gasteiger partial charge on any atom is 0 e. The SMILES string of the molecule is Cc1[c-]c(C)cc(-c2ccc(C3CCC(C4CCC(C)CC4)CC3)cc2)c1.[Y]. The Morgan fingerprint density at radius 3 is 1.71 bits per heavy atom. The predicted octanol–water partition coefficient (Wildman–Crippen LogP) is 7.87. The van der Waals surface area contributed by atoms with Crippen molar-refractivity contribution >= 4 is 0 Å². The Bertz CT molecular complexity index is 724. The zero-order valence-electron chi connectivity index (χ0n) is 18.0. The van der Waals surface area contributed by atoms with Crippen molar-refractivity contribution in [2.24, 2.45) is 17.8 Å². The van der Waals surface area contributed by atoms with Gasteiger partial charge in [-0.25, -0.2) is 0 Å². The molecule has 1 heteroatoms. The van der Waals surface area contributed by atoms with Gasteiger partial charge in [-0.2, -0.15) is 29.3 Å². The van der Waals surface area contributed by atoms with Crippen LogP contribution in [0.3, 0.4) is 0 Å². The zero-order valence-corrected chi connectivity index (χ0v) is 20.8. The summed E-state index contributed by atoms with van der Waals surface area (Å²) in [6.45, 7) is 6.71. The normalized spacial score (nSPS) is 27.8. The van der Waals surface area contributed by atoms with E-state index in [1.54, 1.807) is 5.56 Å². The van der Waals surface area contributed by atoms with Crippen molar-refractivity contribution in [3.63, 3.8) is 0 Å². The fourth-order valence-corrected chi connectivity index (χ4v) is 5.69. The Kier molecular flexibility index (Phi) is 7.97. The van der Waals surface area contributed by atoms with E-state index in [2.05, 4.69) is 63.2 Å². The first kappa shape index (κ1) is 22.2. The van der Waals surface area contributed by atoms with Crippen LogP contribution < -0.4 is 0 Å². The largest absolute Gasteiger partial charge is 0.177 e. The summed E-state index contributed by atoms with van der Waals surface area (Å²) in [6.07, 6.45) is 11.7. The van der Waals surface area contributed by atoms with E-state index in [0.29, 0.717) is 0 Å². The molecule has 0 heterocycles. The van der Waals surface area contributed by atoms with Crippen LogP contribution in [0.5, 0.6) is 0 Å². The van der Waals surface area contributed by atoms with Crippen LogP contribution in [-0.2, 0) is 32.7 Å². The van der Waals surface area contributed by atoms with E-state index in [1.807, 2.05) is 0 Å². The van der Waals surface area contributed by atoms with Crippen molar-refractivity contribution in [1.82, 2.24) is 0 Å². The predicted molar refractivity (Wildman–Crippen MR) is 116 cm³/mol. The van der Waals surface area contributed by atoms with Gasteiger partial charge in [0, 0.05) is 32.7 Å². The van der Waals surface area contributed by atoms with E-state index in [1.165, 1.54) is 73.6 Å². The second-order valence-corrected chi connectivity index (χ2v) is 9.49. The van der Waals surface area contributed by atoms with Gasteiger partial charge in [0.25, 0.3) is 0 Å². The minimum absolute atomic E-state index is 0. The summed E-state index contributed by atoms with van der Waals surface area (Å²) in [5.74, 6) is 3.81. The van der Waals surface area contributed by atoms with Crippen LogP contribution in [0.1, 0.15) is 80.9 Å². The molecular formula is C27H35Y-. The van der Waals surface area contributed by atoms with E-state index in [9.17, 15) is 0 Å². The molecule has 0 saturated heterocycles. The summed E-state index contributed by atoms with van der Waals surface area (Å²) >= 11 is 0. The van der Waals surface area contributed by atoms with Crippen LogP contribution >= 0.6 is 0 Å². The van der Waals surface area contributed by atoms with Crippen LogP contribution in [0, 0.1) is 37.7 Å². The van der Waals surface area contributed by atoms with Gasteiger partial charge in [-0.15, -0.1) is 5.56 Å². The first-order chi connectivity index (χ1) is 13.1. The monoisotopic (exact) mass is 448 g/mol. The van der Waals surface area contributed by atoms with Crippen LogP contribution in [0.4, 0.5) is 0 Å². The van der Waals surface area contributed by atoms with Crippen LogP contribution in [0.2, 0.25) is 0 Å². The molecule has 2 aliphatic carbocycles. The molecule has 2 saturated carbocycles. The van der Waals surface area contributed by atoms with Crippen LogP contribution in [0.25, 0.3) is 11.1 Å². The number of benzene rings is 2. The van der Waals surface area contributed by atoms with Gasteiger partial charge in [0.05, 0.1) is 0 Å². The average Bonchev–Trinajstić information content (AvgIpc) is 2.68. The van der Waals surface area contributed by atoms with Crippen molar-refractivity contribution in [2.45, 2.75) is 78.1 Å². The molecule has 0 nitrogen and oxygen atoms in total. The third-order valence-corrected chi connectivity index (χ3v) is 7.35. The summed E-state index contributed by atoms with van der Waals surface area (Å²) in [6, 6.07) is 17.3. The number of hydrogen-bond acceptors (Lipinski definition) is 0. The molecule has 2 aromatic carbocycles. The topological polar surface area (TPSA) is 0 Å². The van der Waals surface area contributed by atoms with Crippen molar-refractivity contribution in [3.8, 4) is 11.1 Å². The van der Waals surface area contributed by atoms with E-state index < -0.39 is 0 Å². The van der Waals surface area contributed by atoms with Gasteiger partial charge in [0.1, 0.15) is 0 Å². The van der Waals surface area contributed by atoms with E-state index >= 15 is 0 Å². The molecule has 0 spiro atoms. The van der Waals surface area contributed by atoms with Gasteiger partial charge in [-0.05, 0) is 73.3 Å². The maximum absolute atomic E-state index is 3.38. The summed E-state index contributed by atoms with van der Waals surface area (Å²) < 4.78 is 0. The molecule has 0 bridgehead atoms. The molecule has 0 unspecified atom stereocenters. The molecule has 0 atom stereocenters. The summed E-state index contributed by atoms with van der Waals surface area (Å²) in [5, 5.41) is 0. The molecule has 28 heavy (non-hydrogen) atoms. The van der Waals surface area contributed by atoms with Crippen molar-refractivity contribution in [2.75, 3.05) is 0 Å². The average molecular weight is 448 g/mol. The summed E-state index contributed by atoms with van der Waals surface area (Å²) in [7, 11) is 0. The van der Waals surface area contributed by atoms with Gasteiger partial charge in [-0.1, -0.05) is 57.9 Å². The minimum Gasteiger partial charge on any atom is -0.177 e. The van der Waals surface area contributed by atoms with E-state index in [0.717, 1.165) is 23.7 Å². The number of hydrogen-bond donors (Lipinski definition) is 0. The quantitative estimate of drug-likeness (QED) is 0.419. The molecule has 0 amide bonds. The Morgan fingerprint density at radius 2 is 1.18 bits per heavy atom. The summed E-state index contributed by atoms with van der Waals surface area (Å²) in [4.78, 5) is 0. The molecule has 0 aliphatic heterocycles. The smallest absolute Gasteiger partial charge is 0 e. The third-order valence-electron chi connectivity index (χ3n) is 7.35. The third kappa shape index (κ3) is 5.37. The van der Waals surface area contributed by atoms with Gasteiger partial charge in [-0.3, -0.25) is 0 Å². The Morgan fingerprint density at radius 1 is 0.679 bits per heavy atom. The van der Waals surface area contributed by atoms with E-state index in [4.69, 9.17) is 0 Å². The van der Waals surface area contributed by atoms with Crippen molar-refractivity contribution in [3.05, 3.63) is 59.2 Å². The van der Waals surface area contributed by atoms with Gasteiger partial charge >= 0.3 is 0 Å². The fraction of sp³-hybridized carbons (Fsp3) is 0.556. The molecule has 1 radical (unpaired) electrons. The molecule has 4 rings (SSSR count). The van der Waals surface area contributed by atoms with Crippen LogP contribution in [-0.4, -0.2) is 0 Å². The number of aryl methyl sites for hydroxylation is 2. The number of rotatable bonds is 3. The first-order valence-corrected chi connectivity index (χ1v) is 11.2. The molecule has 0 aromatic heterocycles. The molecular weight excluding hydrogens is 413 g/mol. The van der Waals surface area contributed by atoms with Gasteiger partial charge in [0.15, 0.2) is 0 Å². The van der Waals surface area contributed by atoms with Crippen LogP contribution in [0.15, 0.2) is 36.4 Å². The van der Waals surface area contributed by atoms with Crippen molar-refractivity contribution in [1.29, 1.82) is 0 Å². The zero-order chi connectivity index (χ0) is 18.8. The second kappa shape index (κ2) is 10.0. The molecule has 147 valence electrons. The summed E-state index contributed by atoms with van der Waals surface area (Å²) in [5.41, 5.74) is 6.67. The minimum atomic E-state index is 0. The second-order valence-electron chi connectivity index (χ2n) is 9.49. The molecule has 0 N–H and O–H groups in total. The van der Waals surface area contributed by atoms with Gasteiger partial charge < -0.3 is 0 Å². The van der Waals surface area contributed by atoms with Crippen molar-refractivity contribution < 1.29 is 32.7 Å². The standard InChI is InChI=1S/C27H35.Y/c1-19-4-6-22(7-5-19)23-8-10-24(11-9-23)25-12-14-26(15-13-25)27-17-20(2)16-21(3)18-27;/h12-15,17-19,22-24H,4-11H2,1-3H3;/q-1;. The van der Waals surface area contributed by atoms with Gasteiger partial charge in [0.2, 0.25) is 0 Å². The molecule has 2 aromatic rings. The Hall–Kier alpha value is -0.456. The Labute approximate surface area is 197 Å². The molecule has 2 aliphatic rings. The van der Waals surface area contributed by atoms with E-state index in [-0.39, 0.29) is 32.7 Å². The fourth-order valence-electron chi connectivity index (χ4n) is 5.69. The molecule has 2 fully saturated rings. The maximum atomic E-state index is 3.38. The first-order valence-electron chi connectivity index (χ1n) is 11.2. The Balaban J connectivity index is 0.00000225.